The first-order valence-corrected chi connectivity index (χ1v) is 12.9. The Labute approximate surface area is 217 Å². The van der Waals surface area contributed by atoms with Crippen LogP contribution in [0.4, 0.5) is 4.39 Å². The van der Waals surface area contributed by atoms with Crippen LogP contribution in [0.3, 0.4) is 0 Å². The number of rotatable bonds is 6. The number of aryl methyl sites for hydroxylation is 1. The summed E-state index contributed by atoms with van der Waals surface area (Å²) in [6.45, 7) is 12.3. The highest BCUT2D eigenvalue weighted by Gasteiger charge is 2.34. The molecular weight excluding hydrogens is 475 g/mol. The third-order valence-electron chi connectivity index (χ3n) is 6.64. The van der Waals surface area contributed by atoms with Gasteiger partial charge >= 0.3 is 0 Å². The van der Waals surface area contributed by atoms with Crippen molar-refractivity contribution in [3.8, 4) is 22.8 Å². The largest absolute Gasteiger partial charge is 0.479 e. The third-order valence-corrected chi connectivity index (χ3v) is 6.64. The summed E-state index contributed by atoms with van der Waals surface area (Å²) < 4.78 is 28.5. The van der Waals surface area contributed by atoms with Crippen LogP contribution in [0.25, 0.3) is 16.9 Å². The summed E-state index contributed by atoms with van der Waals surface area (Å²) in [6.07, 6.45) is 8.62. The summed E-state index contributed by atoms with van der Waals surface area (Å²) in [5, 5.41) is 9.23. The van der Waals surface area contributed by atoms with Crippen molar-refractivity contribution >= 4 is 5.91 Å². The van der Waals surface area contributed by atoms with Gasteiger partial charge in [-0.15, -0.1) is 0 Å². The monoisotopic (exact) mass is 512 g/mol. The molecule has 37 heavy (non-hydrogen) atoms. The number of hydrogen-bond acceptors (Lipinski definition) is 6. The van der Waals surface area contributed by atoms with Gasteiger partial charge in [0, 0.05) is 55.9 Å². The number of methoxy groups -OCH3 is 1. The first-order chi connectivity index (χ1) is 17.8. The van der Waals surface area contributed by atoms with Crippen molar-refractivity contribution in [3.63, 3.8) is 0 Å². The lowest BCUT2D eigenvalue weighted by Crippen LogP contribution is -2.25. The first-order valence-electron chi connectivity index (χ1n) is 12.9. The molecule has 0 bridgehead atoms. The molecule has 5 rings (SSSR count). The predicted molar refractivity (Wildman–Crippen MR) is 138 cm³/mol. The molecule has 0 N–H and O–H groups in total. The molecule has 3 aromatic heterocycles. The van der Waals surface area contributed by atoms with Crippen LogP contribution in [-0.4, -0.2) is 68.8 Å². The van der Waals surface area contributed by atoms with E-state index >= 15 is 0 Å². The van der Waals surface area contributed by atoms with E-state index in [2.05, 4.69) is 30.9 Å². The highest BCUT2D eigenvalue weighted by Crippen LogP contribution is 2.31. The molecule has 2 aliphatic heterocycles. The van der Waals surface area contributed by atoms with E-state index in [4.69, 9.17) is 14.6 Å². The molecule has 0 unspecified atom stereocenters. The van der Waals surface area contributed by atoms with E-state index in [-0.39, 0.29) is 11.3 Å². The highest BCUT2D eigenvalue weighted by atomic mass is 19.1. The van der Waals surface area contributed by atoms with Crippen molar-refractivity contribution < 1.29 is 18.7 Å². The normalized spacial score (nSPS) is 16.7. The van der Waals surface area contributed by atoms with Crippen LogP contribution in [0.2, 0.25) is 0 Å². The molecule has 0 aliphatic carbocycles. The fraction of sp³-hybridized carbons (Fsp3) is 0.556. The molecule has 0 saturated carbocycles. The third kappa shape index (κ3) is 6.01. The van der Waals surface area contributed by atoms with E-state index in [1.54, 1.807) is 10.9 Å². The number of carbonyl (C=O) groups excluding carboxylic acids is 1. The number of carbonyl (C=O) groups is 1. The van der Waals surface area contributed by atoms with Crippen LogP contribution in [0, 0.1) is 11.2 Å². The maximum absolute atomic E-state index is 14.2. The average Bonchev–Trinajstić information content (AvgIpc) is 3.48. The summed E-state index contributed by atoms with van der Waals surface area (Å²) in [4.78, 5) is 17.1. The van der Waals surface area contributed by atoms with Crippen LogP contribution in [-0.2, 0) is 28.9 Å². The molecule has 0 aromatic carbocycles. The van der Waals surface area contributed by atoms with Crippen molar-refractivity contribution in [2.75, 3.05) is 33.4 Å². The van der Waals surface area contributed by atoms with E-state index in [1.807, 2.05) is 28.9 Å². The van der Waals surface area contributed by atoms with Gasteiger partial charge in [0.05, 0.1) is 49.8 Å². The predicted octanol–water partition coefficient (Wildman–Crippen LogP) is 4.07. The molecule has 10 heteroatoms. The number of amides is 1. The van der Waals surface area contributed by atoms with Crippen LogP contribution < -0.4 is 4.74 Å². The van der Waals surface area contributed by atoms with Crippen molar-refractivity contribution in [2.24, 2.45) is 5.41 Å². The van der Waals surface area contributed by atoms with Gasteiger partial charge in [-0.25, -0.2) is 14.1 Å². The Bertz CT molecular complexity index is 1230. The summed E-state index contributed by atoms with van der Waals surface area (Å²) in [5.74, 6) is -0.227. The zero-order valence-electron chi connectivity index (χ0n) is 22.5. The van der Waals surface area contributed by atoms with Gasteiger partial charge in [0.25, 0.3) is 0 Å². The number of pyridine rings is 1. The fourth-order valence-corrected chi connectivity index (χ4v) is 4.88. The van der Waals surface area contributed by atoms with Gasteiger partial charge in [0.15, 0.2) is 5.82 Å². The standard InChI is InChI=1S/C19H22FN5O2.C8H15NO/c1-3-6-24-12-13(10-22-24)18-15-4-7-27-8-5-17(15)25(23-18)14-9-16(20)19(26-2)21-11-14;1-4-9-6-8(2,3)5-7(9)10/h9-12H,3-8H2,1-2H3;4-6H2,1-3H3. The van der Waals surface area contributed by atoms with E-state index in [1.165, 1.54) is 13.2 Å². The molecule has 2 aliphatic rings. The van der Waals surface area contributed by atoms with Gasteiger partial charge in [-0.05, 0) is 25.2 Å². The Morgan fingerprint density at radius 1 is 1.19 bits per heavy atom. The van der Waals surface area contributed by atoms with Gasteiger partial charge < -0.3 is 14.4 Å². The molecule has 1 fully saturated rings. The molecule has 3 aromatic rings. The lowest BCUT2D eigenvalue weighted by Gasteiger charge is -2.17. The number of fused-ring (bicyclic) bond motifs is 1. The Morgan fingerprint density at radius 3 is 2.59 bits per heavy atom. The minimum absolute atomic E-state index is 0.0265. The van der Waals surface area contributed by atoms with Crippen molar-refractivity contribution in [2.45, 2.75) is 59.9 Å². The van der Waals surface area contributed by atoms with Gasteiger partial charge in [-0.3, -0.25) is 9.48 Å². The Kier molecular flexibility index (Phi) is 8.26. The Hall–Kier alpha value is -3.27. The number of aromatic nitrogens is 5. The number of hydrogen-bond donors (Lipinski definition) is 0. The second-order valence-corrected chi connectivity index (χ2v) is 10.2. The van der Waals surface area contributed by atoms with E-state index < -0.39 is 5.82 Å². The van der Waals surface area contributed by atoms with Crippen molar-refractivity contribution in [1.82, 2.24) is 29.4 Å². The van der Waals surface area contributed by atoms with Gasteiger partial charge in [-0.1, -0.05) is 20.8 Å². The Morgan fingerprint density at radius 2 is 1.97 bits per heavy atom. The van der Waals surface area contributed by atoms with E-state index in [0.717, 1.165) is 61.4 Å². The van der Waals surface area contributed by atoms with Gasteiger partial charge in [0.1, 0.15) is 0 Å². The van der Waals surface area contributed by atoms with Crippen molar-refractivity contribution in [3.05, 3.63) is 41.7 Å². The Balaban J connectivity index is 0.000000270. The summed E-state index contributed by atoms with van der Waals surface area (Å²) in [5.41, 5.74) is 4.76. The number of nitrogens with zero attached hydrogens (tertiary/aromatic N) is 6. The van der Waals surface area contributed by atoms with Crippen LogP contribution in [0.5, 0.6) is 5.88 Å². The number of likely N-dealkylation sites (tertiary alicyclic amines) is 1. The molecule has 5 heterocycles. The fourth-order valence-electron chi connectivity index (χ4n) is 4.88. The van der Waals surface area contributed by atoms with Crippen LogP contribution in [0.1, 0.15) is 51.8 Å². The zero-order valence-corrected chi connectivity index (χ0v) is 22.5. The highest BCUT2D eigenvalue weighted by molar-refractivity contribution is 5.79. The smallest absolute Gasteiger partial charge is 0.250 e. The summed E-state index contributed by atoms with van der Waals surface area (Å²) in [7, 11) is 1.40. The quantitative estimate of drug-likeness (QED) is 0.495. The van der Waals surface area contributed by atoms with E-state index in [9.17, 15) is 9.18 Å². The second-order valence-electron chi connectivity index (χ2n) is 10.2. The minimum Gasteiger partial charge on any atom is -0.479 e. The van der Waals surface area contributed by atoms with E-state index in [0.29, 0.717) is 31.2 Å². The SMILES string of the molecule is CCCn1cc(-c2nn(-c3cnc(OC)c(F)c3)c3c2CCOCC3)cn1.CCN1CC(C)(C)CC1=O. The number of ether oxygens (including phenoxy) is 2. The van der Waals surface area contributed by atoms with Gasteiger partial charge in [0.2, 0.25) is 11.8 Å². The minimum atomic E-state index is -0.513. The molecule has 0 radical (unpaired) electrons. The van der Waals surface area contributed by atoms with Crippen molar-refractivity contribution in [1.29, 1.82) is 0 Å². The number of halogens is 1. The molecule has 1 saturated heterocycles. The molecular formula is C27H37FN6O3. The summed E-state index contributed by atoms with van der Waals surface area (Å²) >= 11 is 0. The lowest BCUT2D eigenvalue weighted by atomic mass is 9.93. The van der Waals surface area contributed by atoms with Gasteiger partial charge in [-0.2, -0.15) is 10.2 Å². The summed E-state index contributed by atoms with van der Waals surface area (Å²) in [6, 6.07) is 1.40. The zero-order chi connectivity index (χ0) is 26.6. The molecule has 200 valence electrons. The van der Waals surface area contributed by atoms with Crippen LogP contribution >= 0.6 is 0 Å². The molecule has 9 nitrogen and oxygen atoms in total. The molecule has 0 atom stereocenters. The molecule has 0 spiro atoms. The first kappa shape index (κ1) is 26.8. The topological polar surface area (TPSA) is 87.3 Å². The maximum Gasteiger partial charge on any atom is 0.250 e. The lowest BCUT2D eigenvalue weighted by molar-refractivity contribution is -0.127. The van der Waals surface area contributed by atoms with Crippen LogP contribution in [0.15, 0.2) is 24.7 Å². The maximum atomic E-state index is 14.2. The molecule has 1 amide bonds. The average molecular weight is 513 g/mol. The second kappa shape index (κ2) is 11.4.